The number of methoxy groups -OCH3 is 1. The van der Waals surface area contributed by atoms with Gasteiger partial charge in [-0.3, -0.25) is 0 Å². The largest absolute Gasteiger partial charge is 0.497 e. The van der Waals surface area contributed by atoms with Gasteiger partial charge < -0.3 is 23.0 Å². The monoisotopic (exact) mass is 1570 g/mol. The first-order valence-electron chi connectivity index (χ1n) is 47.7. The third kappa shape index (κ3) is 18.3. The molecule has 0 aromatic heterocycles. The van der Waals surface area contributed by atoms with E-state index >= 15 is 0 Å². The second-order valence-corrected chi connectivity index (χ2v) is 66.0. The Balaban J connectivity index is 0.000000145. The number of benzene rings is 2. The third-order valence-corrected chi connectivity index (χ3v) is 53.9. The molecule has 12 fully saturated rings. The molecule has 12 aliphatic carbocycles. The summed E-state index contributed by atoms with van der Waals surface area (Å²) in [5.74, 6) is 19.7. The molecule has 22 atom stereocenters. The lowest BCUT2D eigenvalue weighted by atomic mass is 9.62. The number of aryl methyl sites for hydroxylation is 2. The quantitative estimate of drug-likeness (QED) is 0.197. The summed E-state index contributed by atoms with van der Waals surface area (Å²) in [5.41, 5.74) is 10.9. The molecule has 2 aromatic rings. The van der Waals surface area contributed by atoms with Crippen molar-refractivity contribution in [2.24, 2.45) is 107 Å². The van der Waals surface area contributed by atoms with Crippen LogP contribution in [0.3, 0.4) is 0 Å². The average Bonchev–Trinajstić information content (AvgIpc) is 1.68. The minimum atomic E-state index is -1.68. The SMILES string of the molecule is CC1CC2C3CCCCC3CCC2C1[Si](C)(C)N(C(C)(C)C)C(C)(C)C.CC1CC2C3CCCCC3CCC2C1[Si](C)(C)N(C(C)C)C(C)(C)C.COc1ccc(N(C(C)(C)C)[Si](C)(C)C2CCC3C4CCCCC4CCC32)cc1.Cc1cccc(C)c1N(C(C)(C)C)[Si](C)(C)C1CCC2C3CCCCC3CCC21. The van der Waals surface area contributed by atoms with Crippen LogP contribution in [-0.2, 0) is 0 Å². The molecule has 2 aromatic carbocycles. The van der Waals surface area contributed by atoms with Crippen molar-refractivity contribution in [1.82, 2.24) is 9.13 Å². The fraction of sp³-hybridized carbons (Fsp3) is 0.880. The van der Waals surface area contributed by atoms with Gasteiger partial charge in [-0.1, -0.05) is 188 Å². The predicted octanol–water partition coefficient (Wildman–Crippen LogP) is 29.9. The number of hydrogen-bond acceptors (Lipinski definition) is 5. The topological polar surface area (TPSA) is 22.2 Å². The van der Waals surface area contributed by atoms with Gasteiger partial charge in [0.05, 0.1) is 7.11 Å². The summed E-state index contributed by atoms with van der Waals surface area (Å²) in [6, 6.07) is 16.4. The van der Waals surface area contributed by atoms with Crippen LogP contribution >= 0.6 is 0 Å². The number of anilines is 2. The number of ether oxygens (including phenoxy) is 1. The Morgan fingerprint density at radius 3 is 1.01 bits per heavy atom. The summed E-state index contributed by atoms with van der Waals surface area (Å²) in [6.45, 7) is 73.2. The molecular formula is C100H180N4OSi4. The van der Waals surface area contributed by atoms with Crippen molar-refractivity contribution in [3.63, 3.8) is 0 Å². The lowest BCUT2D eigenvalue weighted by Crippen LogP contribution is -2.67. The molecule has 0 radical (unpaired) electrons. The molecule has 0 amide bonds. The zero-order valence-corrected chi connectivity index (χ0v) is 81.7. The average molecular weight is 1570 g/mol. The van der Waals surface area contributed by atoms with Crippen molar-refractivity contribution in [2.75, 3.05) is 16.2 Å². The Labute approximate surface area is 682 Å². The molecule has 12 saturated carbocycles. The number of rotatable bonds is 12. The molecule has 5 nitrogen and oxygen atoms in total. The molecule has 622 valence electrons. The Morgan fingerprint density at radius 1 is 0.339 bits per heavy atom. The van der Waals surface area contributed by atoms with Crippen LogP contribution in [0, 0.1) is 120 Å². The number of hydrogen-bond donors (Lipinski definition) is 0. The first kappa shape index (κ1) is 88.4. The minimum absolute atomic E-state index is 0.143. The van der Waals surface area contributed by atoms with E-state index in [2.05, 4.69) is 259 Å². The van der Waals surface area contributed by atoms with Crippen LogP contribution in [0.5, 0.6) is 5.75 Å². The van der Waals surface area contributed by atoms with Gasteiger partial charge in [0.25, 0.3) is 0 Å². The third-order valence-electron chi connectivity index (χ3n) is 34.6. The van der Waals surface area contributed by atoms with Crippen molar-refractivity contribution in [3.05, 3.63) is 53.6 Å². The first-order valence-corrected chi connectivity index (χ1v) is 59.8. The fourth-order valence-electron chi connectivity index (χ4n) is 33.8. The summed E-state index contributed by atoms with van der Waals surface area (Å²) < 4.78 is 17.2. The van der Waals surface area contributed by atoms with Gasteiger partial charge in [0.2, 0.25) is 0 Å². The molecule has 0 spiro atoms. The maximum atomic E-state index is 5.43. The molecule has 12 aliphatic rings. The van der Waals surface area contributed by atoms with Gasteiger partial charge in [-0.15, -0.1) is 0 Å². The van der Waals surface area contributed by atoms with E-state index in [0.717, 1.165) is 134 Å². The highest BCUT2D eigenvalue weighted by Gasteiger charge is 2.62. The standard InChI is InChI=1S/C27H45NSi.C26H43NOSi.C24H47NSi.C23H45NSi/c1-19-11-10-12-20(2)26(19)28(27(3,4)5)29(6,7)25-18-17-23-22-14-9-8-13-21(22)15-16-24(23)25;1-26(2,3)27(20-12-14-21(28-4)15-13-20)29(5,6)25-18-17-23-22-10-8-7-9-19(22)11-16-24(23)25;1-17-16-21-19-13-11-10-12-18(19)14-15-20(21)22(17)26(8,9)25(23(2,3)4)24(5,6)7;1-16(2)24(23(4,5)6)25(7,8)22-17(3)15-21-19-12-10-9-11-18(19)13-14-20(21)22/h10-12,21-25H,8-9,13-18H2,1-7H3;12-15,19,22-25H,7-11,16-18H2,1-6H3;17-22H,10-16H2,1-9H3;16-22H,9-15H2,1-8H3. The van der Waals surface area contributed by atoms with Gasteiger partial charge in [-0.2, -0.15) is 0 Å². The van der Waals surface area contributed by atoms with Crippen LogP contribution in [0.2, 0.25) is 74.5 Å². The first-order chi connectivity index (χ1) is 50.7. The molecular weight excluding hydrogens is 1390 g/mol. The van der Waals surface area contributed by atoms with Gasteiger partial charge in [0, 0.05) is 39.1 Å². The Hall–Kier alpha value is -1.37. The number of nitrogens with zero attached hydrogens (tertiary/aromatic N) is 4. The smallest absolute Gasteiger partial charge is 0.154 e. The molecule has 0 saturated heterocycles. The summed E-state index contributed by atoms with van der Waals surface area (Å²) in [6.07, 6.45) is 45.8. The maximum absolute atomic E-state index is 5.43. The maximum Gasteiger partial charge on any atom is 0.154 e. The van der Waals surface area contributed by atoms with E-state index < -0.39 is 32.9 Å². The van der Waals surface area contributed by atoms with E-state index in [1.807, 2.05) is 0 Å². The summed E-state index contributed by atoms with van der Waals surface area (Å²) >= 11 is 0. The molecule has 0 N–H and O–H groups in total. The predicted molar refractivity (Wildman–Crippen MR) is 489 cm³/mol. The van der Waals surface area contributed by atoms with Crippen LogP contribution in [0.4, 0.5) is 11.4 Å². The summed E-state index contributed by atoms with van der Waals surface area (Å²) in [5, 5.41) is 0. The van der Waals surface area contributed by atoms with Crippen molar-refractivity contribution in [1.29, 1.82) is 0 Å². The Morgan fingerprint density at radius 2 is 0.670 bits per heavy atom. The van der Waals surface area contributed by atoms with E-state index in [1.54, 1.807) is 77.0 Å². The lowest BCUT2D eigenvalue weighted by molar-refractivity contribution is 0.0680. The van der Waals surface area contributed by atoms with E-state index in [-0.39, 0.29) is 22.2 Å². The van der Waals surface area contributed by atoms with E-state index in [1.165, 1.54) is 145 Å². The minimum Gasteiger partial charge on any atom is -0.497 e. The second-order valence-electron chi connectivity index (χ2n) is 48.2. The summed E-state index contributed by atoms with van der Waals surface area (Å²) in [4.78, 5) is 0. The Kier molecular flexibility index (Phi) is 27.7. The number of para-hydroxylation sites is 1. The van der Waals surface area contributed by atoms with Crippen LogP contribution in [0.1, 0.15) is 335 Å². The molecule has 9 heteroatoms. The molecule has 0 bridgehead atoms. The second kappa shape index (κ2) is 34.2. The highest BCUT2D eigenvalue weighted by molar-refractivity contribution is 6.83. The van der Waals surface area contributed by atoms with Gasteiger partial charge >= 0.3 is 0 Å². The molecule has 0 heterocycles. The molecule has 0 aliphatic heterocycles. The van der Waals surface area contributed by atoms with Crippen LogP contribution in [0.15, 0.2) is 42.5 Å². The van der Waals surface area contributed by atoms with Gasteiger partial charge in [0.1, 0.15) is 22.2 Å². The number of fused-ring (bicyclic) bond motifs is 12. The van der Waals surface area contributed by atoms with Crippen molar-refractivity contribution in [3.8, 4) is 5.75 Å². The van der Waals surface area contributed by atoms with E-state index in [4.69, 9.17) is 4.74 Å². The highest BCUT2D eigenvalue weighted by Crippen LogP contribution is 2.66. The zero-order valence-electron chi connectivity index (χ0n) is 77.7. The normalized spacial score (nSPS) is 35.7. The van der Waals surface area contributed by atoms with Gasteiger partial charge in [-0.25, -0.2) is 0 Å². The van der Waals surface area contributed by atoms with Crippen LogP contribution < -0.4 is 13.9 Å². The van der Waals surface area contributed by atoms with Crippen molar-refractivity contribution >= 4 is 44.3 Å². The van der Waals surface area contributed by atoms with Crippen LogP contribution in [-0.4, -0.2) is 82.9 Å². The van der Waals surface area contributed by atoms with E-state index in [9.17, 15) is 0 Å². The summed E-state index contributed by atoms with van der Waals surface area (Å²) in [7, 11) is -4.64. The molecule has 109 heavy (non-hydrogen) atoms. The molecule has 14 rings (SSSR count). The van der Waals surface area contributed by atoms with Gasteiger partial charge in [-0.05, 0) is 391 Å². The highest BCUT2D eigenvalue weighted by atomic mass is 28.3. The zero-order chi connectivity index (χ0) is 79.8. The van der Waals surface area contributed by atoms with Gasteiger partial charge in [0.15, 0.2) is 16.5 Å². The van der Waals surface area contributed by atoms with Crippen molar-refractivity contribution in [2.45, 2.75) is 446 Å². The Bertz CT molecular complexity index is 3190. The van der Waals surface area contributed by atoms with E-state index in [0.29, 0.717) is 11.6 Å². The van der Waals surface area contributed by atoms with Crippen LogP contribution in [0.25, 0.3) is 0 Å². The molecule has 22 unspecified atom stereocenters. The lowest BCUT2D eigenvalue weighted by Gasteiger charge is -2.58. The van der Waals surface area contributed by atoms with Crippen molar-refractivity contribution < 1.29 is 4.74 Å². The fourth-order valence-corrected chi connectivity index (χ4v) is 57.5.